The zero-order chi connectivity index (χ0) is 40.0. The fraction of sp³-hybridized carbons (Fsp3) is 0.479. The zero-order valence-electron chi connectivity index (χ0n) is 33.3. The third-order valence-electron chi connectivity index (χ3n) is 10.4. The third-order valence-corrected chi connectivity index (χ3v) is 12.1. The standard InChI is InChI=1S/C48H61F3O4S/c1-3-4-5-6-7-8-9-10-11-12-13-14-15-28-37-54-38-44(39-55-45(52)47(53-2,48(49,50)51)43-35-26-19-27-36-43)56-46(40-29-20-16-21-30-40,41-31-22-17-23-32-41)42-33-24-18-25-34-42/h16-27,29-36,44H,3-15,28,37-39H2,1-2H3/t44-,47+/m0/s1. The molecule has 0 heterocycles. The lowest BCUT2D eigenvalue weighted by atomic mass is 9.84. The van der Waals surface area contributed by atoms with Gasteiger partial charge in [-0.25, -0.2) is 4.79 Å². The molecule has 8 heteroatoms. The SMILES string of the molecule is CCCCCCCCCCCCCCCCOC[C@@H](COC(=O)[C@](OC)(c1ccccc1)C(F)(F)F)SC(c1ccccc1)(c1ccccc1)c1ccccc1. The van der Waals surface area contributed by atoms with Crippen molar-refractivity contribution in [1.82, 2.24) is 0 Å². The number of alkyl halides is 3. The molecule has 0 spiro atoms. The Kier molecular flexibility index (Phi) is 19.5. The number of esters is 1. The van der Waals surface area contributed by atoms with Crippen LogP contribution < -0.4 is 0 Å². The van der Waals surface area contributed by atoms with Gasteiger partial charge in [0.1, 0.15) is 6.61 Å². The number of hydrogen-bond donors (Lipinski definition) is 0. The molecule has 0 aromatic heterocycles. The lowest BCUT2D eigenvalue weighted by molar-refractivity contribution is -0.276. The Bertz CT molecular complexity index is 1530. The first-order valence-electron chi connectivity index (χ1n) is 20.6. The highest BCUT2D eigenvalue weighted by atomic mass is 32.2. The Morgan fingerprint density at radius 1 is 0.554 bits per heavy atom. The van der Waals surface area contributed by atoms with Crippen molar-refractivity contribution >= 4 is 17.7 Å². The van der Waals surface area contributed by atoms with E-state index in [0.29, 0.717) is 6.61 Å². The predicted octanol–water partition coefficient (Wildman–Crippen LogP) is 13.2. The summed E-state index contributed by atoms with van der Waals surface area (Å²) < 4.78 is 60.7. The maximum Gasteiger partial charge on any atom is 0.432 e. The summed E-state index contributed by atoms with van der Waals surface area (Å²) in [5.41, 5.74) is -0.677. The van der Waals surface area contributed by atoms with E-state index in [-0.39, 0.29) is 18.8 Å². The van der Waals surface area contributed by atoms with Gasteiger partial charge >= 0.3 is 12.1 Å². The van der Waals surface area contributed by atoms with Crippen molar-refractivity contribution in [3.05, 3.63) is 144 Å². The van der Waals surface area contributed by atoms with E-state index in [2.05, 4.69) is 43.3 Å². The smallest absolute Gasteiger partial charge is 0.432 e. The Labute approximate surface area is 337 Å². The average Bonchev–Trinajstić information content (AvgIpc) is 3.22. The number of unbranched alkanes of at least 4 members (excludes halogenated alkanes) is 13. The molecule has 2 atom stereocenters. The lowest BCUT2D eigenvalue weighted by Crippen LogP contribution is -2.52. The van der Waals surface area contributed by atoms with Crippen molar-refractivity contribution in [2.75, 3.05) is 26.9 Å². The highest BCUT2D eigenvalue weighted by Crippen LogP contribution is 2.51. The molecule has 4 aromatic carbocycles. The fourth-order valence-corrected chi connectivity index (χ4v) is 8.98. The van der Waals surface area contributed by atoms with Gasteiger partial charge in [0.2, 0.25) is 0 Å². The van der Waals surface area contributed by atoms with Crippen LogP contribution in [0.2, 0.25) is 0 Å². The minimum Gasteiger partial charge on any atom is -0.462 e. The van der Waals surface area contributed by atoms with E-state index < -0.39 is 27.7 Å². The zero-order valence-corrected chi connectivity index (χ0v) is 34.1. The van der Waals surface area contributed by atoms with Crippen molar-refractivity contribution in [3.63, 3.8) is 0 Å². The van der Waals surface area contributed by atoms with E-state index >= 15 is 0 Å². The first kappa shape index (κ1) is 45.1. The van der Waals surface area contributed by atoms with Crippen LogP contribution in [0.25, 0.3) is 0 Å². The molecule has 0 aliphatic carbocycles. The third kappa shape index (κ3) is 12.7. The Balaban J connectivity index is 1.47. The molecule has 0 N–H and O–H groups in total. The number of methoxy groups -OCH3 is 1. The van der Waals surface area contributed by atoms with Crippen LogP contribution in [0.4, 0.5) is 13.2 Å². The topological polar surface area (TPSA) is 44.8 Å². The Morgan fingerprint density at radius 2 is 0.929 bits per heavy atom. The number of hydrogen-bond acceptors (Lipinski definition) is 5. The summed E-state index contributed by atoms with van der Waals surface area (Å²) in [5.74, 6) is -1.51. The number of thioether (sulfide) groups is 1. The van der Waals surface area contributed by atoms with Gasteiger partial charge in [0.05, 0.1) is 16.6 Å². The Morgan fingerprint density at radius 3 is 1.30 bits per heavy atom. The maximum absolute atomic E-state index is 14.8. The van der Waals surface area contributed by atoms with E-state index in [1.54, 1.807) is 6.07 Å². The van der Waals surface area contributed by atoms with Crippen LogP contribution >= 0.6 is 11.8 Å². The van der Waals surface area contributed by atoms with E-state index in [1.165, 1.54) is 107 Å². The summed E-state index contributed by atoms with van der Waals surface area (Å²) >= 11 is 1.52. The van der Waals surface area contributed by atoms with E-state index in [0.717, 1.165) is 43.1 Å². The van der Waals surface area contributed by atoms with Gasteiger partial charge in [0.15, 0.2) is 0 Å². The van der Waals surface area contributed by atoms with Gasteiger partial charge in [-0.3, -0.25) is 0 Å². The number of rotatable bonds is 27. The second-order valence-corrected chi connectivity index (χ2v) is 16.1. The Hall–Kier alpha value is -3.59. The van der Waals surface area contributed by atoms with Crippen LogP contribution in [0.1, 0.15) is 119 Å². The number of carbonyl (C=O) groups is 1. The molecule has 0 fully saturated rings. The van der Waals surface area contributed by atoms with Gasteiger partial charge in [-0.05, 0) is 23.1 Å². The molecule has 56 heavy (non-hydrogen) atoms. The van der Waals surface area contributed by atoms with Crippen LogP contribution in [0.3, 0.4) is 0 Å². The highest BCUT2D eigenvalue weighted by Gasteiger charge is 2.64. The molecule has 304 valence electrons. The fourth-order valence-electron chi connectivity index (χ4n) is 7.36. The van der Waals surface area contributed by atoms with Crippen molar-refractivity contribution < 1.29 is 32.2 Å². The molecule has 0 amide bonds. The number of halogens is 3. The summed E-state index contributed by atoms with van der Waals surface area (Å²) in [6, 6.07) is 37.0. The second kappa shape index (κ2) is 24.2. The van der Waals surface area contributed by atoms with E-state index in [1.807, 2.05) is 54.6 Å². The molecule has 4 aromatic rings. The molecule has 0 bridgehead atoms. The minimum absolute atomic E-state index is 0.169. The molecule has 0 saturated carbocycles. The maximum atomic E-state index is 14.8. The summed E-state index contributed by atoms with van der Waals surface area (Å²) in [6.45, 7) is 2.60. The first-order chi connectivity index (χ1) is 27.3. The van der Waals surface area contributed by atoms with Crippen molar-refractivity contribution in [2.24, 2.45) is 0 Å². The van der Waals surface area contributed by atoms with Crippen LogP contribution in [-0.2, 0) is 29.4 Å². The quantitative estimate of drug-likeness (QED) is 0.0342. The first-order valence-corrected chi connectivity index (χ1v) is 21.4. The number of ether oxygens (including phenoxy) is 3. The van der Waals surface area contributed by atoms with Gasteiger partial charge in [0.25, 0.3) is 5.60 Å². The van der Waals surface area contributed by atoms with Crippen LogP contribution in [0.5, 0.6) is 0 Å². The van der Waals surface area contributed by atoms with Gasteiger partial charge in [0, 0.05) is 19.3 Å². The van der Waals surface area contributed by atoms with Crippen LogP contribution in [0.15, 0.2) is 121 Å². The molecule has 0 saturated heterocycles. The van der Waals surface area contributed by atoms with Gasteiger partial charge in [-0.15, -0.1) is 11.8 Å². The molecule has 4 nitrogen and oxygen atoms in total. The lowest BCUT2D eigenvalue weighted by Gasteiger charge is -2.38. The predicted molar refractivity (Wildman–Crippen MR) is 224 cm³/mol. The number of carbonyl (C=O) groups excluding carboxylic acids is 1. The average molecular weight is 791 g/mol. The molecular formula is C48H61F3O4S. The van der Waals surface area contributed by atoms with Crippen molar-refractivity contribution in [2.45, 2.75) is 119 Å². The normalized spacial score (nSPS) is 13.6. The van der Waals surface area contributed by atoms with Crippen LogP contribution in [-0.4, -0.2) is 44.3 Å². The van der Waals surface area contributed by atoms with Crippen LogP contribution in [0, 0.1) is 0 Å². The molecular weight excluding hydrogens is 730 g/mol. The minimum atomic E-state index is -5.07. The molecule has 0 aliphatic heterocycles. The second-order valence-electron chi connectivity index (χ2n) is 14.5. The molecule has 0 unspecified atom stereocenters. The van der Waals surface area contributed by atoms with Crippen molar-refractivity contribution in [1.29, 1.82) is 0 Å². The van der Waals surface area contributed by atoms with E-state index in [4.69, 9.17) is 14.2 Å². The van der Waals surface area contributed by atoms with Gasteiger partial charge in [-0.2, -0.15) is 13.2 Å². The summed E-state index contributed by atoms with van der Waals surface area (Å²) in [7, 11) is 0.888. The van der Waals surface area contributed by atoms with Gasteiger partial charge < -0.3 is 14.2 Å². The highest BCUT2D eigenvalue weighted by molar-refractivity contribution is 8.01. The largest absolute Gasteiger partial charge is 0.462 e. The van der Waals surface area contributed by atoms with E-state index in [9.17, 15) is 18.0 Å². The molecule has 0 aliphatic rings. The molecule has 0 radical (unpaired) electrons. The summed E-state index contributed by atoms with van der Waals surface area (Å²) in [6.07, 6.45) is 12.5. The monoisotopic (exact) mass is 790 g/mol. The molecule has 4 rings (SSSR count). The summed E-state index contributed by atoms with van der Waals surface area (Å²) in [5, 5.41) is -0.551. The number of benzene rings is 4. The van der Waals surface area contributed by atoms with Crippen molar-refractivity contribution in [3.8, 4) is 0 Å². The summed E-state index contributed by atoms with van der Waals surface area (Å²) in [4.78, 5) is 13.7. The van der Waals surface area contributed by atoms with Gasteiger partial charge in [-0.1, -0.05) is 212 Å².